The summed E-state index contributed by atoms with van der Waals surface area (Å²) in [5.41, 5.74) is 4.13. The fraction of sp³-hybridized carbons (Fsp3) is 0.481. The Kier molecular flexibility index (Phi) is 7.00. The Bertz CT molecular complexity index is 1010. The van der Waals surface area contributed by atoms with Crippen LogP contribution in [-0.2, 0) is 22.5 Å². The Morgan fingerprint density at radius 3 is 2.29 bits per heavy atom. The fourth-order valence-electron chi connectivity index (χ4n) is 4.66. The first kappa shape index (κ1) is 23.9. The van der Waals surface area contributed by atoms with E-state index in [1.165, 1.54) is 16.8 Å². The number of carbonyl (C=O) groups is 2. The van der Waals surface area contributed by atoms with Crippen molar-refractivity contribution >= 4 is 17.9 Å². The maximum Gasteiger partial charge on any atom is 0.410 e. The Balaban J connectivity index is 1.37. The van der Waals surface area contributed by atoms with E-state index in [4.69, 9.17) is 9.47 Å². The summed E-state index contributed by atoms with van der Waals surface area (Å²) in [4.78, 5) is 31.2. The predicted octanol–water partition coefficient (Wildman–Crippen LogP) is 5.00. The smallest absolute Gasteiger partial charge is 0.410 e. The van der Waals surface area contributed by atoms with Crippen molar-refractivity contribution in [1.82, 2.24) is 9.80 Å². The predicted molar refractivity (Wildman–Crippen MR) is 132 cm³/mol. The molecule has 2 amide bonds. The standard InChI is InChI=1S/C27H35N3O4/c1-20-22-11-8-12-24(23(22)13-14-30(20)26(32)34-27(2,3)4)28-15-17-29(18-16-28)25(31)33-19-21-9-6-5-7-10-21/h5-12,20H,13-19H2,1-4H3. The molecule has 0 spiro atoms. The topological polar surface area (TPSA) is 62.3 Å². The van der Waals surface area contributed by atoms with Gasteiger partial charge in [-0.15, -0.1) is 0 Å². The van der Waals surface area contributed by atoms with E-state index >= 15 is 0 Å². The van der Waals surface area contributed by atoms with Crippen LogP contribution in [-0.4, -0.2) is 60.3 Å². The van der Waals surface area contributed by atoms with Crippen molar-refractivity contribution in [1.29, 1.82) is 0 Å². The van der Waals surface area contributed by atoms with Gasteiger partial charge in [0, 0.05) is 38.4 Å². The summed E-state index contributed by atoms with van der Waals surface area (Å²) in [6.07, 6.45) is 0.257. The summed E-state index contributed by atoms with van der Waals surface area (Å²) < 4.78 is 11.1. The zero-order chi connectivity index (χ0) is 24.3. The molecular weight excluding hydrogens is 430 g/mol. The van der Waals surface area contributed by atoms with Gasteiger partial charge in [-0.2, -0.15) is 0 Å². The third-order valence-electron chi connectivity index (χ3n) is 6.42. The number of hydrogen-bond acceptors (Lipinski definition) is 5. The molecule has 4 rings (SSSR count). The highest BCUT2D eigenvalue weighted by atomic mass is 16.6. The quantitative estimate of drug-likeness (QED) is 0.638. The SMILES string of the molecule is CC1c2cccc(N3CCN(C(=O)OCc4ccccc4)CC3)c2CCN1C(=O)OC(C)(C)C. The van der Waals surface area contributed by atoms with Crippen molar-refractivity contribution in [3.05, 3.63) is 65.2 Å². The van der Waals surface area contributed by atoms with Crippen molar-refractivity contribution in [3.63, 3.8) is 0 Å². The maximum atomic E-state index is 12.7. The number of benzene rings is 2. The lowest BCUT2D eigenvalue weighted by Crippen LogP contribution is -2.49. The third-order valence-corrected chi connectivity index (χ3v) is 6.42. The van der Waals surface area contributed by atoms with Crippen LogP contribution in [0, 0.1) is 0 Å². The minimum atomic E-state index is -0.513. The highest BCUT2D eigenvalue weighted by Gasteiger charge is 2.33. The van der Waals surface area contributed by atoms with Gasteiger partial charge >= 0.3 is 12.2 Å². The van der Waals surface area contributed by atoms with E-state index in [-0.39, 0.29) is 24.8 Å². The zero-order valence-electron chi connectivity index (χ0n) is 20.6. The maximum absolute atomic E-state index is 12.7. The summed E-state index contributed by atoms with van der Waals surface area (Å²) in [7, 11) is 0. The first-order chi connectivity index (χ1) is 16.2. The molecule has 34 heavy (non-hydrogen) atoms. The van der Waals surface area contributed by atoms with Crippen LogP contribution < -0.4 is 4.90 Å². The molecule has 2 aliphatic heterocycles. The number of carbonyl (C=O) groups excluding carboxylic acids is 2. The molecule has 0 saturated carbocycles. The molecule has 1 atom stereocenters. The number of hydrogen-bond donors (Lipinski definition) is 0. The second kappa shape index (κ2) is 9.95. The van der Waals surface area contributed by atoms with Crippen LogP contribution in [0.1, 0.15) is 50.4 Å². The van der Waals surface area contributed by atoms with E-state index in [2.05, 4.69) is 30.0 Å². The molecule has 0 aliphatic carbocycles. The summed E-state index contributed by atoms with van der Waals surface area (Å²) >= 11 is 0. The van der Waals surface area contributed by atoms with Gasteiger partial charge in [-0.1, -0.05) is 42.5 Å². The molecule has 0 aromatic heterocycles. The molecule has 7 heteroatoms. The molecule has 2 aromatic carbocycles. The number of fused-ring (bicyclic) bond motifs is 1. The van der Waals surface area contributed by atoms with Crippen LogP contribution in [0.15, 0.2) is 48.5 Å². The minimum Gasteiger partial charge on any atom is -0.445 e. The van der Waals surface area contributed by atoms with Crippen LogP contribution in [0.25, 0.3) is 0 Å². The third kappa shape index (κ3) is 5.46. The second-order valence-electron chi connectivity index (χ2n) is 9.96. The monoisotopic (exact) mass is 465 g/mol. The van der Waals surface area contributed by atoms with Crippen molar-refractivity contribution in [2.45, 2.75) is 52.4 Å². The lowest BCUT2D eigenvalue weighted by molar-refractivity contribution is 0.0160. The molecule has 2 aliphatic rings. The average Bonchev–Trinajstić information content (AvgIpc) is 2.82. The molecule has 1 unspecified atom stereocenters. The number of amides is 2. The molecule has 0 bridgehead atoms. The van der Waals surface area contributed by atoms with E-state index in [0.29, 0.717) is 19.6 Å². The number of rotatable bonds is 3. The van der Waals surface area contributed by atoms with Crippen LogP contribution in [0.5, 0.6) is 0 Å². The summed E-state index contributed by atoms with van der Waals surface area (Å²) in [6, 6.07) is 16.0. The second-order valence-corrected chi connectivity index (χ2v) is 9.96. The van der Waals surface area contributed by atoms with Gasteiger partial charge in [0.25, 0.3) is 0 Å². The Morgan fingerprint density at radius 1 is 0.912 bits per heavy atom. The minimum absolute atomic E-state index is 0.0483. The fourth-order valence-corrected chi connectivity index (χ4v) is 4.66. The van der Waals surface area contributed by atoms with E-state index in [9.17, 15) is 9.59 Å². The van der Waals surface area contributed by atoms with Gasteiger partial charge in [-0.05, 0) is 56.9 Å². The number of anilines is 1. The number of ether oxygens (including phenoxy) is 2. The largest absolute Gasteiger partial charge is 0.445 e. The van der Waals surface area contributed by atoms with Crippen molar-refractivity contribution < 1.29 is 19.1 Å². The van der Waals surface area contributed by atoms with Gasteiger partial charge in [0.15, 0.2) is 0 Å². The Morgan fingerprint density at radius 2 is 1.62 bits per heavy atom. The van der Waals surface area contributed by atoms with Gasteiger partial charge in [0.05, 0.1) is 6.04 Å². The first-order valence-corrected chi connectivity index (χ1v) is 12.0. The van der Waals surface area contributed by atoms with Crippen molar-refractivity contribution in [3.8, 4) is 0 Å². The normalized spacial score (nSPS) is 18.4. The molecule has 1 fully saturated rings. The molecule has 0 radical (unpaired) electrons. The number of nitrogens with zero attached hydrogens (tertiary/aromatic N) is 3. The molecule has 2 aromatic rings. The van der Waals surface area contributed by atoms with Crippen LogP contribution >= 0.6 is 0 Å². The van der Waals surface area contributed by atoms with Gasteiger partial charge in [-0.3, -0.25) is 0 Å². The van der Waals surface area contributed by atoms with Gasteiger partial charge in [-0.25, -0.2) is 9.59 Å². The summed E-state index contributed by atoms with van der Waals surface area (Å²) in [5, 5.41) is 0. The van der Waals surface area contributed by atoms with Crippen LogP contribution in [0.4, 0.5) is 15.3 Å². The van der Waals surface area contributed by atoms with E-state index in [1.54, 1.807) is 4.90 Å². The highest BCUT2D eigenvalue weighted by molar-refractivity contribution is 5.71. The lowest BCUT2D eigenvalue weighted by Gasteiger charge is -2.40. The van der Waals surface area contributed by atoms with Crippen molar-refractivity contribution in [2.24, 2.45) is 0 Å². The first-order valence-electron chi connectivity index (χ1n) is 12.0. The Labute approximate surface area is 202 Å². The van der Waals surface area contributed by atoms with E-state index < -0.39 is 5.60 Å². The molecule has 1 saturated heterocycles. The summed E-state index contributed by atoms with van der Waals surface area (Å²) in [5.74, 6) is 0. The van der Waals surface area contributed by atoms with E-state index in [1.807, 2.05) is 56.0 Å². The average molecular weight is 466 g/mol. The van der Waals surface area contributed by atoms with Crippen LogP contribution in [0.3, 0.4) is 0 Å². The molecular formula is C27H35N3O4. The molecule has 0 N–H and O–H groups in total. The van der Waals surface area contributed by atoms with Gasteiger partial charge in [0.2, 0.25) is 0 Å². The molecule has 7 nitrogen and oxygen atoms in total. The van der Waals surface area contributed by atoms with Crippen molar-refractivity contribution in [2.75, 3.05) is 37.6 Å². The van der Waals surface area contributed by atoms with Gasteiger partial charge in [0.1, 0.15) is 12.2 Å². The van der Waals surface area contributed by atoms with E-state index in [0.717, 1.165) is 25.1 Å². The highest BCUT2D eigenvalue weighted by Crippen LogP contribution is 2.36. The summed E-state index contributed by atoms with van der Waals surface area (Å²) in [6.45, 7) is 11.4. The lowest BCUT2D eigenvalue weighted by atomic mass is 9.91. The molecule has 2 heterocycles. The number of piperazine rings is 1. The van der Waals surface area contributed by atoms with Gasteiger partial charge < -0.3 is 24.2 Å². The Hall–Kier alpha value is -3.22. The molecule has 182 valence electrons. The van der Waals surface area contributed by atoms with Crippen LogP contribution in [0.2, 0.25) is 0 Å². The zero-order valence-corrected chi connectivity index (χ0v) is 20.6.